The van der Waals surface area contributed by atoms with Gasteiger partial charge in [-0.05, 0) is 25.3 Å². The first kappa shape index (κ1) is 15.6. The van der Waals surface area contributed by atoms with E-state index in [0.717, 1.165) is 29.5 Å². The monoisotopic (exact) mass is 330 g/mol. The Labute approximate surface area is 138 Å². The van der Waals surface area contributed by atoms with Crippen LogP contribution >= 0.6 is 11.3 Å². The van der Waals surface area contributed by atoms with Crippen molar-refractivity contribution in [2.45, 2.75) is 25.8 Å². The number of nitrogens with one attached hydrogen (secondary N) is 2. The van der Waals surface area contributed by atoms with Crippen molar-refractivity contribution in [3.8, 4) is 11.1 Å². The minimum absolute atomic E-state index is 0.157. The van der Waals surface area contributed by atoms with Gasteiger partial charge in [0.2, 0.25) is 0 Å². The Bertz CT molecular complexity index is 733. The first-order chi connectivity index (χ1) is 11.1. The molecule has 0 aliphatic heterocycles. The van der Waals surface area contributed by atoms with E-state index in [1.807, 2.05) is 36.6 Å². The Morgan fingerprint density at radius 1 is 1.22 bits per heavy atom. The molecule has 0 radical (unpaired) electrons. The van der Waals surface area contributed by atoms with Crippen LogP contribution < -0.4 is 10.6 Å². The number of anilines is 1. The molecule has 3 rings (SSSR count). The van der Waals surface area contributed by atoms with Crippen LogP contribution in [-0.4, -0.2) is 25.2 Å². The lowest BCUT2D eigenvalue weighted by Crippen LogP contribution is -2.26. The normalized spacial score (nSPS) is 13.5. The maximum Gasteiger partial charge on any atom is 0.411 e. The fourth-order valence-electron chi connectivity index (χ4n) is 2.25. The number of methoxy groups -OCH3 is 1. The van der Waals surface area contributed by atoms with Gasteiger partial charge in [-0.2, -0.15) is 0 Å². The van der Waals surface area contributed by atoms with Crippen molar-refractivity contribution >= 4 is 28.3 Å². The van der Waals surface area contributed by atoms with Crippen LogP contribution in [0.2, 0.25) is 0 Å². The fourth-order valence-corrected chi connectivity index (χ4v) is 3.20. The molecule has 1 aromatic heterocycles. The molecule has 1 aliphatic rings. The van der Waals surface area contributed by atoms with Crippen LogP contribution in [0.15, 0.2) is 29.6 Å². The third kappa shape index (κ3) is 3.53. The number of amides is 2. The zero-order valence-corrected chi connectivity index (χ0v) is 13.8. The van der Waals surface area contributed by atoms with Crippen LogP contribution in [0.5, 0.6) is 0 Å². The summed E-state index contributed by atoms with van der Waals surface area (Å²) in [7, 11) is 1.30. The van der Waals surface area contributed by atoms with Crippen molar-refractivity contribution in [2.75, 3.05) is 12.4 Å². The molecular formula is C17H18N2O3S. The summed E-state index contributed by atoms with van der Waals surface area (Å²) in [6.45, 7) is 2.02. The Hall–Kier alpha value is -2.34. The van der Waals surface area contributed by atoms with Gasteiger partial charge in [-0.15, -0.1) is 11.3 Å². The van der Waals surface area contributed by atoms with Gasteiger partial charge in [0.25, 0.3) is 5.91 Å². The molecule has 0 atom stereocenters. The molecule has 2 aromatic rings. The predicted molar refractivity (Wildman–Crippen MR) is 91.0 cm³/mol. The zero-order chi connectivity index (χ0) is 16.4. The van der Waals surface area contributed by atoms with E-state index in [2.05, 4.69) is 15.4 Å². The number of thiophene rings is 1. The van der Waals surface area contributed by atoms with Gasteiger partial charge in [0, 0.05) is 17.0 Å². The summed E-state index contributed by atoms with van der Waals surface area (Å²) in [6, 6.07) is 8.21. The van der Waals surface area contributed by atoms with Gasteiger partial charge < -0.3 is 10.1 Å². The minimum Gasteiger partial charge on any atom is -0.453 e. The summed E-state index contributed by atoms with van der Waals surface area (Å²) in [6.07, 6.45) is 1.44. The summed E-state index contributed by atoms with van der Waals surface area (Å²) >= 11 is 1.32. The van der Waals surface area contributed by atoms with E-state index in [1.54, 1.807) is 0 Å². The van der Waals surface area contributed by atoms with E-state index >= 15 is 0 Å². The number of carbonyl (C=O) groups excluding carboxylic acids is 2. The summed E-state index contributed by atoms with van der Waals surface area (Å²) in [5, 5.41) is 8.01. The molecule has 1 fully saturated rings. The van der Waals surface area contributed by atoms with E-state index in [4.69, 9.17) is 0 Å². The number of aryl methyl sites for hydroxylation is 1. The first-order valence-corrected chi connectivity index (χ1v) is 8.31. The van der Waals surface area contributed by atoms with E-state index in [-0.39, 0.29) is 11.9 Å². The molecule has 2 N–H and O–H groups in total. The molecule has 120 valence electrons. The van der Waals surface area contributed by atoms with Crippen LogP contribution in [0.3, 0.4) is 0 Å². The highest BCUT2D eigenvalue weighted by Gasteiger charge is 2.28. The van der Waals surface area contributed by atoms with E-state index in [0.29, 0.717) is 10.6 Å². The van der Waals surface area contributed by atoms with Gasteiger partial charge in [0.05, 0.1) is 12.7 Å². The van der Waals surface area contributed by atoms with Crippen molar-refractivity contribution in [1.82, 2.24) is 5.32 Å². The van der Waals surface area contributed by atoms with Gasteiger partial charge >= 0.3 is 6.09 Å². The molecule has 0 unspecified atom stereocenters. The van der Waals surface area contributed by atoms with Crippen molar-refractivity contribution in [1.29, 1.82) is 0 Å². The second kappa shape index (κ2) is 6.42. The molecule has 1 heterocycles. The van der Waals surface area contributed by atoms with Crippen molar-refractivity contribution in [3.63, 3.8) is 0 Å². The lowest BCUT2D eigenvalue weighted by molar-refractivity contribution is 0.0953. The molecule has 1 aromatic carbocycles. The summed E-state index contributed by atoms with van der Waals surface area (Å²) in [5.74, 6) is -0.157. The quantitative estimate of drug-likeness (QED) is 0.896. The van der Waals surface area contributed by atoms with Gasteiger partial charge in [-0.25, -0.2) is 4.79 Å². The Morgan fingerprint density at radius 3 is 2.52 bits per heavy atom. The van der Waals surface area contributed by atoms with Crippen LogP contribution in [0.1, 0.15) is 28.8 Å². The highest BCUT2D eigenvalue weighted by atomic mass is 32.1. The lowest BCUT2D eigenvalue weighted by Gasteiger charge is -2.09. The number of carbonyl (C=O) groups is 2. The molecule has 6 heteroatoms. The molecular weight excluding hydrogens is 312 g/mol. The summed E-state index contributed by atoms with van der Waals surface area (Å²) < 4.78 is 4.64. The third-order valence-corrected chi connectivity index (χ3v) is 4.59. The van der Waals surface area contributed by atoms with E-state index in [9.17, 15) is 9.59 Å². The second-order valence-electron chi connectivity index (χ2n) is 5.58. The first-order valence-electron chi connectivity index (χ1n) is 7.43. The zero-order valence-electron chi connectivity index (χ0n) is 13.0. The molecule has 1 aliphatic carbocycles. The molecule has 0 spiro atoms. The van der Waals surface area contributed by atoms with Gasteiger partial charge in [-0.1, -0.05) is 29.8 Å². The summed E-state index contributed by atoms with van der Waals surface area (Å²) in [5.41, 5.74) is 3.42. The maximum atomic E-state index is 12.6. The highest BCUT2D eigenvalue weighted by molar-refractivity contribution is 7.15. The third-order valence-electron chi connectivity index (χ3n) is 3.69. The molecule has 23 heavy (non-hydrogen) atoms. The van der Waals surface area contributed by atoms with E-state index in [1.165, 1.54) is 18.4 Å². The number of rotatable bonds is 4. The molecule has 2 amide bonds. The molecule has 0 bridgehead atoms. The minimum atomic E-state index is -0.581. The average molecular weight is 330 g/mol. The van der Waals surface area contributed by atoms with Crippen molar-refractivity contribution < 1.29 is 14.3 Å². The Morgan fingerprint density at radius 2 is 1.91 bits per heavy atom. The second-order valence-corrected chi connectivity index (χ2v) is 6.46. The molecule has 5 nitrogen and oxygen atoms in total. The van der Waals surface area contributed by atoms with E-state index < -0.39 is 6.09 Å². The van der Waals surface area contributed by atoms with Crippen LogP contribution in [0, 0.1) is 6.92 Å². The maximum absolute atomic E-state index is 12.6. The summed E-state index contributed by atoms with van der Waals surface area (Å²) in [4.78, 5) is 24.1. The smallest absolute Gasteiger partial charge is 0.411 e. The van der Waals surface area contributed by atoms with Crippen LogP contribution in [0.25, 0.3) is 11.1 Å². The fraction of sp³-hybridized carbons (Fsp3) is 0.294. The average Bonchev–Trinajstić information content (AvgIpc) is 3.25. The number of hydrogen-bond donors (Lipinski definition) is 2. The lowest BCUT2D eigenvalue weighted by atomic mass is 10.0. The standard InChI is InChI=1S/C17H18N2O3S/c1-10-3-5-11(6-4-10)13-9-23-16(19-17(21)22-2)14(13)15(20)18-12-7-8-12/h3-6,9,12H,7-8H2,1-2H3,(H,18,20)(H,19,21). The highest BCUT2D eigenvalue weighted by Crippen LogP contribution is 2.36. The van der Waals surface area contributed by atoms with Crippen molar-refractivity contribution in [3.05, 3.63) is 40.8 Å². The van der Waals surface area contributed by atoms with Crippen molar-refractivity contribution in [2.24, 2.45) is 0 Å². The van der Waals surface area contributed by atoms with Crippen LogP contribution in [0.4, 0.5) is 9.80 Å². The Kier molecular flexibility index (Phi) is 4.34. The van der Waals surface area contributed by atoms with Crippen LogP contribution in [-0.2, 0) is 4.74 Å². The predicted octanol–water partition coefficient (Wildman–Crippen LogP) is 3.79. The molecule has 1 saturated carbocycles. The SMILES string of the molecule is COC(=O)Nc1scc(-c2ccc(C)cc2)c1C(=O)NC1CC1. The topological polar surface area (TPSA) is 67.4 Å². The van der Waals surface area contributed by atoms with Gasteiger partial charge in [0.15, 0.2) is 0 Å². The van der Waals surface area contributed by atoms with Gasteiger partial charge in [-0.3, -0.25) is 10.1 Å². The molecule has 0 saturated heterocycles. The number of ether oxygens (including phenoxy) is 1. The number of hydrogen-bond acceptors (Lipinski definition) is 4. The van der Waals surface area contributed by atoms with Gasteiger partial charge in [0.1, 0.15) is 5.00 Å². The largest absolute Gasteiger partial charge is 0.453 e. The number of benzene rings is 1. The Balaban J connectivity index is 1.98.